The van der Waals surface area contributed by atoms with Crippen molar-refractivity contribution in [2.45, 2.75) is 26.8 Å². The zero-order chi connectivity index (χ0) is 14.0. The van der Waals surface area contributed by atoms with E-state index in [0.29, 0.717) is 0 Å². The molecule has 0 saturated carbocycles. The summed E-state index contributed by atoms with van der Waals surface area (Å²) in [6, 6.07) is 8.07. The van der Waals surface area contributed by atoms with Crippen molar-refractivity contribution < 1.29 is 4.42 Å². The maximum Gasteiger partial charge on any atom is 0.106 e. The fraction of sp³-hybridized carbons (Fsp3) is 0.333. The summed E-state index contributed by atoms with van der Waals surface area (Å²) in [6.07, 6.45) is 0. The van der Waals surface area contributed by atoms with E-state index in [2.05, 4.69) is 34.2 Å². The molecular weight excluding hydrogens is 326 g/mol. The number of halogens is 2. The van der Waals surface area contributed by atoms with Gasteiger partial charge in [0.1, 0.15) is 11.5 Å². The first-order chi connectivity index (χ1) is 9.02. The number of hydrogen-bond acceptors (Lipinski definition) is 2. The summed E-state index contributed by atoms with van der Waals surface area (Å²) in [7, 11) is 0. The van der Waals surface area contributed by atoms with Gasteiger partial charge in [-0.3, -0.25) is 0 Å². The lowest BCUT2D eigenvalue weighted by atomic mass is 9.99. The minimum Gasteiger partial charge on any atom is -0.466 e. The van der Waals surface area contributed by atoms with Crippen LogP contribution in [0.5, 0.6) is 0 Å². The van der Waals surface area contributed by atoms with Crippen molar-refractivity contribution in [3.63, 3.8) is 0 Å². The second-order valence-corrected chi connectivity index (χ2v) is 5.82. The predicted octanol–water partition coefficient (Wildman–Crippen LogP) is 5.01. The summed E-state index contributed by atoms with van der Waals surface area (Å²) in [6.45, 7) is 6.94. The van der Waals surface area contributed by atoms with Crippen molar-refractivity contribution in [3.8, 4) is 0 Å². The van der Waals surface area contributed by atoms with E-state index in [-0.39, 0.29) is 6.04 Å². The standard InChI is InChI=1S/C15H17BrClNO/c1-4-18-15(13-7-9(2)19-10(13)3)12-6-5-11(17)8-14(12)16/h5-8,15,18H,4H2,1-3H3. The molecule has 0 radical (unpaired) electrons. The van der Waals surface area contributed by atoms with E-state index in [4.69, 9.17) is 16.0 Å². The lowest BCUT2D eigenvalue weighted by molar-refractivity contribution is 0.495. The van der Waals surface area contributed by atoms with Gasteiger partial charge in [0, 0.05) is 15.1 Å². The van der Waals surface area contributed by atoms with Crippen LogP contribution >= 0.6 is 27.5 Å². The molecule has 1 unspecified atom stereocenters. The van der Waals surface area contributed by atoms with Gasteiger partial charge in [-0.15, -0.1) is 0 Å². The highest BCUT2D eigenvalue weighted by molar-refractivity contribution is 9.10. The summed E-state index contributed by atoms with van der Waals surface area (Å²) in [5, 5.41) is 4.22. The maximum absolute atomic E-state index is 6.01. The second kappa shape index (κ2) is 6.12. The maximum atomic E-state index is 6.01. The highest BCUT2D eigenvalue weighted by Gasteiger charge is 2.20. The SMILES string of the molecule is CCNC(c1ccc(Cl)cc1Br)c1cc(C)oc1C. The van der Waals surface area contributed by atoms with Crippen molar-refractivity contribution in [2.75, 3.05) is 6.54 Å². The van der Waals surface area contributed by atoms with Crippen molar-refractivity contribution >= 4 is 27.5 Å². The Morgan fingerprint density at radius 1 is 1.26 bits per heavy atom. The molecule has 4 heteroatoms. The molecule has 102 valence electrons. The Hall–Kier alpha value is -0.770. The van der Waals surface area contributed by atoms with Gasteiger partial charge in [-0.1, -0.05) is 40.5 Å². The van der Waals surface area contributed by atoms with Gasteiger partial charge >= 0.3 is 0 Å². The Balaban J connectivity index is 2.48. The lowest BCUT2D eigenvalue weighted by Crippen LogP contribution is -2.22. The normalized spacial score (nSPS) is 12.7. The van der Waals surface area contributed by atoms with E-state index in [9.17, 15) is 0 Å². The van der Waals surface area contributed by atoms with Crippen LogP contribution in [-0.4, -0.2) is 6.54 Å². The zero-order valence-electron chi connectivity index (χ0n) is 11.3. The zero-order valence-corrected chi connectivity index (χ0v) is 13.6. The van der Waals surface area contributed by atoms with E-state index in [1.165, 1.54) is 5.56 Å². The van der Waals surface area contributed by atoms with E-state index in [0.717, 1.165) is 33.1 Å². The molecule has 0 aliphatic rings. The average molecular weight is 343 g/mol. The third-order valence-electron chi connectivity index (χ3n) is 3.07. The molecular formula is C15H17BrClNO. The van der Waals surface area contributed by atoms with Crippen molar-refractivity contribution in [3.05, 3.63) is 56.4 Å². The van der Waals surface area contributed by atoms with Gasteiger partial charge in [-0.05, 0) is 44.2 Å². The third-order valence-corrected chi connectivity index (χ3v) is 3.99. The minimum atomic E-state index is 0.106. The monoisotopic (exact) mass is 341 g/mol. The number of benzene rings is 1. The molecule has 0 bridgehead atoms. The van der Waals surface area contributed by atoms with Crippen LogP contribution in [0, 0.1) is 13.8 Å². The molecule has 0 aliphatic carbocycles. The van der Waals surface area contributed by atoms with E-state index in [1.54, 1.807) is 0 Å². The Kier molecular flexibility index (Phi) is 4.71. The molecule has 1 aromatic heterocycles. The van der Waals surface area contributed by atoms with Crippen LogP contribution in [0.2, 0.25) is 5.02 Å². The molecule has 1 heterocycles. The highest BCUT2D eigenvalue weighted by Crippen LogP contribution is 2.33. The minimum absolute atomic E-state index is 0.106. The number of aryl methyl sites for hydroxylation is 2. The van der Waals surface area contributed by atoms with Crippen LogP contribution in [-0.2, 0) is 0 Å². The fourth-order valence-electron chi connectivity index (χ4n) is 2.26. The highest BCUT2D eigenvalue weighted by atomic mass is 79.9. The summed E-state index contributed by atoms with van der Waals surface area (Å²) >= 11 is 9.60. The Labute approximate surface area is 127 Å². The Morgan fingerprint density at radius 2 is 2.00 bits per heavy atom. The lowest BCUT2D eigenvalue weighted by Gasteiger charge is -2.19. The number of nitrogens with one attached hydrogen (secondary N) is 1. The second-order valence-electron chi connectivity index (χ2n) is 4.53. The van der Waals surface area contributed by atoms with Crippen LogP contribution in [0.25, 0.3) is 0 Å². The quantitative estimate of drug-likeness (QED) is 0.844. The van der Waals surface area contributed by atoms with Crippen LogP contribution in [0.1, 0.15) is 35.6 Å². The molecule has 0 fully saturated rings. The summed E-state index contributed by atoms with van der Waals surface area (Å²) in [5.41, 5.74) is 2.33. The number of rotatable bonds is 4. The van der Waals surface area contributed by atoms with Crippen LogP contribution < -0.4 is 5.32 Å². The third kappa shape index (κ3) is 3.22. The molecule has 2 rings (SSSR count). The summed E-state index contributed by atoms with van der Waals surface area (Å²) in [4.78, 5) is 0. The van der Waals surface area contributed by atoms with Gasteiger partial charge in [-0.2, -0.15) is 0 Å². The Bertz CT molecular complexity index is 580. The van der Waals surface area contributed by atoms with Gasteiger partial charge in [0.05, 0.1) is 6.04 Å². The summed E-state index contributed by atoms with van der Waals surface area (Å²) < 4.78 is 6.65. The van der Waals surface area contributed by atoms with Gasteiger partial charge < -0.3 is 9.73 Å². The first kappa shape index (κ1) is 14.6. The van der Waals surface area contributed by atoms with Crippen LogP contribution in [0.4, 0.5) is 0 Å². The van der Waals surface area contributed by atoms with E-state index < -0.39 is 0 Å². The van der Waals surface area contributed by atoms with Gasteiger partial charge in [0.15, 0.2) is 0 Å². The van der Waals surface area contributed by atoms with Crippen molar-refractivity contribution in [1.29, 1.82) is 0 Å². The van der Waals surface area contributed by atoms with E-state index in [1.807, 2.05) is 32.0 Å². The molecule has 2 nitrogen and oxygen atoms in total. The topological polar surface area (TPSA) is 25.2 Å². The van der Waals surface area contributed by atoms with Crippen molar-refractivity contribution in [2.24, 2.45) is 0 Å². The molecule has 0 saturated heterocycles. The first-order valence-corrected chi connectivity index (χ1v) is 7.45. The van der Waals surface area contributed by atoms with Crippen LogP contribution in [0.3, 0.4) is 0 Å². The molecule has 19 heavy (non-hydrogen) atoms. The largest absolute Gasteiger partial charge is 0.466 e. The molecule has 1 atom stereocenters. The molecule has 0 spiro atoms. The van der Waals surface area contributed by atoms with Gasteiger partial charge in [-0.25, -0.2) is 0 Å². The Morgan fingerprint density at radius 3 is 2.53 bits per heavy atom. The fourth-order valence-corrected chi connectivity index (χ4v) is 3.18. The smallest absolute Gasteiger partial charge is 0.106 e. The van der Waals surface area contributed by atoms with Gasteiger partial charge in [0.25, 0.3) is 0 Å². The predicted molar refractivity (Wildman–Crippen MR) is 82.9 cm³/mol. The average Bonchev–Trinajstić information content (AvgIpc) is 2.66. The molecule has 1 N–H and O–H groups in total. The number of furan rings is 1. The van der Waals surface area contributed by atoms with Crippen molar-refractivity contribution in [1.82, 2.24) is 5.32 Å². The van der Waals surface area contributed by atoms with Crippen LogP contribution in [0.15, 0.2) is 33.2 Å². The first-order valence-electron chi connectivity index (χ1n) is 6.28. The summed E-state index contributed by atoms with van der Waals surface area (Å²) in [5.74, 6) is 1.88. The molecule has 2 aromatic rings. The molecule has 0 aliphatic heterocycles. The molecule has 0 amide bonds. The molecule has 1 aromatic carbocycles. The van der Waals surface area contributed by atoms with E-state index >= 15 is 0 Å². The number of hydrogen-bond donors (Lipinski definition) is 1. The van der Waals surface area contributed by atoms with Gasteiger partial charge in [0.2, 0.25) is 0 Å².